The summed E-state index contributed by atoms with van der Waals surface area (Å²) >= 11 is -0.731. The Bertz CT molecular complexity index is 1300. The van der Waals surface area contributed by atoms with E-state index in [0.717, 1.165) is 18.4 Å². The normalized spacial score (nSPS) is 16.8. The molecule has 2 aliphatic rings. The zero-order valence-corrected chi connectivity index (χ0v) is 20.7. The van der Waals surface area contributed by atoms with Gasteiger partial charge < -0.3 is 15.0 Å². The number of aryl methyl sites for hydroxylation is 1. The van der Waals surface area contributed by atoms with Gasteiger partial charge in [0.25, 0.3) is 11.5 Å². The molecular formula is C23H24FIN4O4. The molecule has 0 aliphatic carbocycles. The van der Waals surface area contributed by atoms with Gasteiger partial charge in [-0.15, -0.1) is 0 Å². The molecule has 0 radical (unpaired) electrons. The molecule has 1 aromatic carbocycles. The maximum atomic E-state index is 15.1. The number of carbonyl (C=O) groups excluding carboxylic acids is 1. The number of nitrogens with one attached hydrogen (secondary N) is 2. The number of methoxy groups -OCH3 is 1. The van der Waals surface area contributed by atoms with Crippen molar-refractivity contribution in [2.24, 2.45) is 0 Å². The van der Waals surface area contributed by atoms with Crippen molar-refractivity contribution in [3.05, 3.63) is 72.7 Å². The van der Waals surface area contributed by atoms with E-state index < -0.39 is 26.5 Å². The molecule has 1 amide bonds. The second-order valence-corrected chi connectivity index (χ2v) is 10.1. The second kappa shape index (κ2) is 10.1. The molecule has 0 unspecified atom stereocenters. The highest BCUT2D eigenvalue weighted by molar-refractivity contribution is 14.2. The highest BCUT2D eigenvalue weighted by Crippen LogP contribution is 2.32. The summed E-state index contributed by atoms with van der Waals surface area (Å²) in [5, 5.41) is 4.31. The van der Waals surface area contributed by atoms with Crippen LogP contribution in [0.2, 0.25) is 0 Å². The highest BCUT2D eigenvalue weighted by Gasteiger charge is 2.22. The maximum Gasteiger partial charge on any atom is 0.270 e. The molecule has 0 spiro atoms. The summed E-state index contributed by atoms with van der Waals surface area (Å²) in [5.74, 6) is -0.590. The summed E-state index contributed by atoms with van der Waals surface area (Å²) in [6.07, 6.45) is 6.22. The molecule has 0 saturated carbocycles. The molecule has 33 heavy (non-hydrogen) atoms. The Morgan fingerprint density at radius 1 is 1.39 bits per heavy atom. The first-order valence-electron chi connectivity index (χ1n) is 10.4. The van der Waals surface area contributed by atoms with Gasteiger partial charge in [-0.3, -0.25) is 14.4 Å². The minimum absolute atomic E-state index is 0.0902. The number of fused-ring (bicyclic) bond motifs is 1. The van der Waals surface area contributed by atoms with Crippen LogP contribution in [0.3, 0.4) is 0 Å². The number of hydrogen-bond donors (Lipinski definition) is 2. The quantitative estimate of drug-likeness (QED) is 0.523. The van der Waals surface area contributed by atoms with E-state index >= 15 is 4.39 Å². The molecule has 0 fully saturated rings. The van der Waals surface area contributed by atoms with E-state index in [-0.39, 0.29) is 23.5 Å². The third-order valence-electron chi connectivity index (χ3n) is 5.35. The van der Waals surface area contributed by atoms with Crippen molar-refractivity contribution in [1.29, 1.82) is 0 Å². The lowest BCUT2D eigenvalue weighted by Crippen LogP contribution is -2.30. The summed E-state index contributed by atoms with van der Waals surface area (Å²) in [5.41, 5.74) is 2.86. The number of ether oxygens (including phenoxy) is 1. The van der Waals surface area contributed by atoms with Gasteiger partial charge in [0.1, 0.15) is 11.2 Å². The van der Waals surface area contributed by atoms with Crippen LogP contribution >= 0.6 is 20.7 Å². The Labute approximate surface area is 199 Å². The first kappa shape index (κ1) is 23.5. The number of benzene rings is 1. The maximum absolute atomic E-state index is 15.1. The SMILES string of the molecule is CCc1nc2ccc(CN3CC=C(C4=C(OC)I=C(C(=O)NC)C=C4)CO3)c(F)c2[nH]c1=O. The molecule has 2 aromatic rings. The Hall–Kier alpha value is -2.70. The van der Waals surface area contributed by atoms with Gasteiger partial charge in [-0.2, -0.15) is 5.06 Å². The van der Waals surface area contributed by atoms with Crippen LogP contribution in [0.5, 0.6) is 0 Å². The minimum Gasteiger partial charge on any atom is -0.491 e. The molecule has 1 aromatic heterocycles. The zero-order valence-electron chi connectivity index (χ0n) is 18.5. The Balaban J connectivity index is 1.52. The van der Waals surface area contributed by atoms with Crippen molar-refractivity contribution in [2.75, 3.05) is 27.3 Å². The monoisotopic (exact) mass is 566 g/mol. The van der Waals surface area contributed by atoms with Crippen molar-refractivity contribution in [3.8, 4) is 0 Å². The fourth-order valence-electron chi connectivity index (χ4n) is 3.55. The van der Waals surface area contributed by atoms with E-state index in [1.165, 1.54) is 0 Å². The van der Waals surface area contributed by atoms with Gasteiger partial charge in [0.15, 0.2) is 9.58 Å². The molecule has 2 aliphatic heterocycles. The standard InChI is InChI=1S/C23H24FIN4O4/c1-4-17-23(31)28-20-18(27-17)8-5-13(19(20)24)11-29-10-9-14(12-33-29)15-6-7-16(22(30)26-2)25-21(15)32-3/h5-9H,4,10-12H2,1-3H3,(H,26,30)(H,28,31). The number of carbonyl (C=O) groups is 1. The number of halogens is 2. The number of aromatic amines is 1. The highest BCUT2D eigenvalue weighted by atomic mass is 127. The van der Waals surface area contributed by atoms with Crippen LogP contribution in [0.25, 0.3) is 11.0 Å². The molecular weight excluding hydrogens is 542 g/mol. The summed E-state index contributed by atoms with van der Waals surface area (Å²) < 4.78 is 22.2. The topological polar surface area (TPSA) is 96.6 Å². The second-order valence-electron chi connectivity index (χ2n) is 7.37. The zero-order chi connectivity index (χ0) is 23.5. The third kappa shape index (κ3) is 4.82. The van der Waals surface area contributed by atoms with Crippen molar-refractivity contribution in [3.63, 3.8) is 0 Å². The number of rotatable bonds is 6. The lowest BCUT2D eigenvalue weighted by molar-refractivity contribution is -0.156. The van der Waals surface area contributed by atoms with Crippen LogP contribution in [0.4, 0.5) is 4.39 Å². The molecule has 0 bridgehead atoms. The smallest absolute Gasteiger partial charge is 0.270 e. The number of amides is 1. The molecule has 2 N–H and O–H groups in total. The van der Waals surface area contributed by atoms with E-state index in [0.29, 0.717) is 36.3 Å². The van der Waals surface area contributed by atoms with Crippen LogP contribution in [0.1, 0.15) is 18.2 Å². The van der Waals surface area contributed by atoms with Gasteiger partial charge in [0, 0.05) is 24.7 Å². The van der Waals surface area contributed by atoms with Gasteiger partial charge in [-0.1, -0.05) is 19.1 Å². The number of aromatic nitrogens is 2. The first-order chi connectivity index (χ1) is 15.9. The summed E-state index contributed by atoms with van der Waals surface area (Å²) in [6.45, 7) is 2.81. The van der Waals surface area contributed by atoms with E-state index in [1.807, 2.05) is 25.2 Å². The summed E-state index contributed by atoms with van der Waals surface area (Å²) in [4.78, 5) is 36.7. The molecule has 3 heterocycles. The molecule has 10 heteroatoms. The predicted octanol–water partition coefficient (Wildman–Crippen LogP) is 2.62. The molecule has 0 atom stereocenters. The predicted molar refractivity (Wildman–Crippen MR) is 132 cm³/mol. The van der Waals surface area contributed by atoms with E-state index in [4.69, 9.17) is 9.57 Å². The number of hydroxylamine groups is 2. The molecule has 0 saturated heterocycles. The van der Waals surface area contributed by atoms with Crippen LogP contribution in [0.15, 0.2) is 50.1 Å². The molecule has 4 rings (SSSR count). The van der Waals surface area contributed by atoms with Gasteiger partial charge in [-0.25, -0.2) is 9.37 Å². The van der Waals surface area contributed by atoms with Crippen LogP contribution < -0.4 is 10.9 Å². The molecule has 8 nitrogen and oxygen atoms in total. The largest absolute Gasteiger partial charge is 0.491 e. The number of H-pyrrole nitrogens is 1. The van der Waals surface area contributed by atoms with Crippen molar-refractivity contribution >= 4 is 41.2 Å². The van der Waals surface area contributed by atoms with Crippen LogP contribution in [0, 0.1) is 5.82 Å². The van der Waals surface area contributed by atoms with E-state index in [9.17, 15) is 9.59 Å². The van der Waals surface area contributed by atoms with E-state index in [2.05, 4.69) is 15.3 Å². The fraction of sp³-hybridized carbons (Fsp3) is 0.304. The van der Waals surface area contributed by atoms with Crippen LogP contribution in [-0.4, -0.2) is 51.8 Å². The number of nitrogens with zero attached hydrogens (tertiary/aromatic N) is 2. The van der Waals surface area contributed by atoms with Gasteiger partial charge >= 0.3 is 0 Å². The van der Waals surface area contributed by atoms with E-state index in [1.54, 1.807) is 31.4 Å². The lowest BCUT2D eigenvalue weighted by Gasteiger charge is -2.27. The Morgan fingerprint density at radius 2 is 2.21 bits per heavy atom. The summed E-state index contributed by atoms with van der Waals surface area (Å²) in [7, 11) is 3.22. The molecule has 174 valence electrons. The van der Waals surface area contributed by atoms with Crippen molar-refractivity contribution in [1.82, 2.24) is 20.3 Å². The number of hydrogen-bond acceptors (Lipinski definition) is 6. The average molecular weight is 566 g/mol. The van der Waals surface area contributed by atoms with Crippen LogP contribution in [-0.2, 0) is 27.3 Å². The van der Waals surface area contributed by atoms with Crippen molar-refractivity contribution < 1.29 is 18.8 Å². The van der Waals surface area contributed by atoms with Crippen molar-refractivity contribution in [2.45, 2.75) is 19.9 Å². The lowest BCUT2D eigenvalue weighted by atomic mass is 10.1. The van der Waals surface area contributed by atoms with Gasteiger partial charge in [0.05, 0.1) is 29.3 Å². The minimum atomic E-state index is -0.731. The fourth-order valence-corrected chi connectivity index (χ4v) is 5.99. The van der Waals surface area contributed by atoms with Gasteiger partial charge in [-0.05, 0) is 50.9 Å². The number of allylic oxidation sites excluding steroid dienone is 1. The van der Waals surface area contributed by atoms with Gasteiger partial charge in [0.2, 0.25) is 0 Å². The first-order valence-corrected chi connectivity index (χ1v) is 12.6. The Morgan fingerprint density at radius 3 is 2.88 bits per heavy atom. The summed E-state index contributed by atoms with van der Waals surface area (Å²) in [6, 6.07) is 3.38. The third-order valence-corrected chi connectivity index (χ3v) is 8.29. The Kier molecular flexibility index (Phi) is 7.15. The average Bonchev–Trinajstić information content (AvgIpc) is 2.85.